The van der Waals surface area contributed by atoms with Crippen molar-refractivity contribution in [2.75, 3.05) is 0 Å². The Morgan fingerprint density at radius 2 is 1.88 bits per heavy atom. The van der Waals surface area contributed by atoms with Gasteiger partial charge in [-0.1, -0.05) is 36.4 Å². The molecule has 0 aliphatic carbocycles. The van der Waals surface area contributed by atoms with Crippen LogP contribution >= 0.6 is 0 Å². The molecular formula is C20H18FN3O2. The van der Waals surface area contributed by atoms with E-state index in [1.807, 2.05) is 30.3 Å². The zero-order valence-corrected chi connectivity index (χ0v) is 14.0. The highest BCUT2D eigenvalue weighted by molar-refractivity contribution is 5.87. The summed E-state index contributed by atoms with van der Waals surface area (Å²) in [7, 11) is 0. The quantitative estimate of drug-likeness (QED) is 0.713. The van der Waals surface area contributed by atoms with Crippen molar-refractivity contribution in [1.82, 2.24) is 10.3 Å². The van der Waals surface area contributed by atoms with Gasteiger partial charge >= 0.3 is 0 Å². The highest BCUT2D eigenvalue weighted by atomic mass is 19.1. The van der Waals surface area contributed by atoms with Gasteiger partial charge in [0, 0.05) is 17.5 Å². The highest BCUT2D eigenvalue weighted by Gasteiger charge is 2.19. The third-order valence-electron chi connectivity index (χ3n) is 4.00. The number of carbonyl (C=O) groups is 2. The molecule has 0 saturated heterocycles. The third kappa shape index (κ3) is 4.42. The smallest absolute Gasteiger partial charge is 0.240 e. The van der Waals surface area contributed by atoms with Crippen LogP contribution in [0.1, 0.15) is 11.3 Å². The van der Waals surface area contributed by atoms with E-state index in [0.717, 1.165) is 10.9 Å². The maximum atomic E-state index is 13.2. The molecule has 0 aliphatic heterocycles. The lowest BCUT2D eigenvalue weighted by atomic mass is 10.1. The Bertz CT molecular complexity index is 958. The second-order valence-corrected chi connectivity index (χ2v) is 6.03. The number of pyridine rings is 1. The number of nitrogens with zero attached hydrogens (tertiary/aromatic N) is 1. The van der Waals surface area contributed by atoms with E-state index < -0.39 is 23.7 Å². The lowest BCUT2D eigenvalue weighted by Crippen LogP contribution is -2.46. The molecule has 0 aliphatic rings. The van der Waals surface area contributed by atoms with Crippen LogP contribution in [0.4, 0.5) is 4.39 Å². The van der Waals surface area contributed by atoms with E-state index in [0.29, 0.717) is 11.3 Å². The summed E-state index contributed by atoms with van der Waals surface area (Å²) in [4.78, 5) is 28.4. The number of rotatable bonds is 6. The van der Waals surface area contributed by atoms with Crippen molar-refractivity contribution in [3.63, 3.8) is 0 Å². The lowest BCUT2D eigenvalue weighted by Gasteiger charge is -2.15. The van der Waals surface area contributed by atoms with Gasteiger partial charge in [0.15, 0.2) is 0 Å². The van der Waals surface area contributed by atoms with Gasteiger partial charge in [-0.2, -0.15) is 0 Å². The number of fused-ring (bicyclic) bond motifs is 1. The van der Waals surface area contributed by atoms with E-state index in [1.54, 1.807) is 12.1 Å². The molecule has 1 heterocycles. The molecule has 0 bridgehead atoms. The minimum absolute atomic E-state index is 0.0350. The summed E-state index contributed by atoms with van der Waals surface area (Å²) >= 11 is 0. The maximum absolute atomic E-state index is 13.2. The number of para-hydroxylation sites is 1. The van der Waals surface area contributed by atoms with Crippen molar-refractivity contribution in [1.29, 1.82) is 0 Å². The second-order valence-electron chi connectivity index (χ2n) is 6.03. The average Bonchev–Trinajstić information content (AvgIpc) is 2.61. The van der Waals surface area contributed by atoms with Crippen molar-refractivity contribution in [2.24, 2.45) is 5.73 Å². The van der Waals surface area contributed by atoms with Gasteiger partial charge < -0.3 is 11.1 Å². The third-order valence-corrected chi connectivity index (χ3v) is 4.00. The predicted octanol–water partition coefficient (Wildman–Crippen LogP) is 2.13. The summed E-state index contributed by atoms with van der Waals surface area (Å²) < 4.78 is 13.2. The molecular weight excluding hydrogens is 333 g/mol. The molecule has 2 amide bonds. The van der Waals surface area contributed by atoms with E-state index in [2.05, 4.69) is 10.3 Å². The number of carbonyl (C=O) groups excluding carboxylic acids is 2. The summed E-state index contributed by atoms with van der Waals surface area (Å²) in [5, 5.41) is 3.59. The normalized spacial score (nSPS) is 11.9. The van der Waals surface area contributed by atoms with Crippen molar-refractivity contribution < 1.29 is 14.0 Å². The minimum Gasteiger partial charge on any atom is -0.368 e. The summed E-state index contributed by atoms with van der Waals surface area (Å²) in [5.41, 5.74) is 7.40. The van der Waals surface area contributed by atoms with Gasteiger partial charge in [0.1, 0.15) is 11.9 Å². The molecule has 0 radical (unpaired) electrons. The van der Waals surface area contributed by atoms with Gasteiger partial charge in [-0.25, -0.2) is 4.39 Å². The number of halogens is 1. The molecule has 3 N–H and O–H groups in total. The Hall–Kier alpha value is -3.28. The van der Waals surface area contributed by atoms with E-state index >= 15 is 0 Å². The van der Waals surface area contributed by atoms with Crippen LogP contribution < -0.4 is 11.1 Å². The number of amides is 2. The van der Waals surface area contributed by atoms with Crippen molar-refractivity contribution in [3.05, 3.63) is 77.7 Å². The fourth-order valence-electron chi connectivity index (χ4n) is 2.73. The maximum Gasteiger partial charge on any atom is 0.240 e. The van der Waals surface area contributed by atoms with E-state index in [9.17, 15) is 14.0 Å². The topological polar surface area (TPSA) is 85.1 Å². The predicted molar refractivity (Wildman–Crippen MR) is 96.7 cm³/mol. The Balaban J connectivity index is 1.70. The first kappa shape index (κ1) is 17.5. The SMILES string of the molecule is NC(=O)[C@@H](Cc1ccc2ccccc2n1)NC(=O)Cc1cccc(F)c1. The molecule has 0 unspecified atom stereocenters. The van der Waals surface area contributed by atoms with Crippen molar-refractivity contribution in [3.8, 4) is 0 Å². The summed E-state index contributed by atoms with van der Waals surface area (Å²) in [6, 6.07) is 16.2. The van der Waals surface area contributed by atoms with Gasteiger partial charge in [-0.15, -0.1) is 0 Å². The standard InChI is InChI=1S/C20H18FN3O2/c21-15-6-3-4-13(10-15)11-19(25)24-18(20(22)26)12-16-9-8-14-5-1-2-7-17(14)23-16/h1-10,18H,11-12H2,(H2,22,26)(H,24,25)/t18-/m1/s1. The van der Waals surface area contributed by atoms with Gasteiger partial charge in [-0.05, 0) is 29.8 Å². The van der Waals surface area contributed by atoms with Crippen LogP contribution in [0.5, 0.6) is 0 Å². The molecule has 3 aromatic rings. The second kappa shape index (κ2) is 7.74. The van der Waals surface area contributed by atoms with Crippen LogP contribution in [-0.4, -0.2) is 22.8 Å². The zero-order chi connectivity index (χ0) is 18.5. The van der Waals surface area contributed by atoms with Crippen molar-refractivity contribution >= 4 is 22.7 Å². The summed E-state index contributed by atoms with van der Waals surface area (Å²) in [6.45, 7) is 0. The summed E-state index contributed by atoms with van der Waals surface area (Å²) in [5.74, 6) is -1.46. The first-order chi connectivity index (χ1) is 12.5. The number of hydrogen-bond donors (Lipinski definition) is 2. The molecule has 1 aromatic heterocycles. The molecule has 5 nitrogen and oxygen atoms in total. The molecule has 132 valence electrons. The highest BCUT2D eigenvalue weighted by Crippen LogP contribution is 2.13. The number of primary amides is 1. The number of nitrogens with two attached hydrogens (primary N) is 1. The molecule has 3 rings (SSSR count). The minimum atomic E-state index is -0.885. The van der Waals surface area contributed by atoms with Crippen LogP contribution in [-0.2, 0) is 22.4 Å². The van der Waals surface area contributed by atoms with Crippen LogP contribution in [0.3, 0.4) is 0 Å². The van der Waals surface area contributed by atoms with Crippen molar-refractivity contribution in [2.45, 2.75) is 18.9 Å². The molecule has 6 heteroatoms. The molecule has 0 fully saturated rings. The Morgan fingerprint density at radius 1 is 1.08 bits per heavy atom. The number of benzene rings is 2. The van der Waals surface area contributed by atoms with E-state index in [4.69, 9.17) is 5.73 Å². The molecule has 0 spiro atoms. The fraction of sp³-hybridized carbons (Fsp3) is 0.150. The lowest BCUT2D eigenvalue weighted by molar-refractivity contribution is -0.127. The van der Waals surface area contributed by atoms with E-state index in [-0.39, 0.29) is 12.8 Å². The largest absolute Gasteiger partial charge is 0.368 e. The Kier molecular flexibility index (Phi) is 5.22. The number of hydrogen-bond acceptors (Lipinski definition) is 3. The zero-order valence-electron chi connectivity index (χ0n) is 14.0. The molecule has 2 aromatic carbocycles. The first-order valence-electron chi connectivity index (χ1n) is 8.19. The van der Waals surface area contributed by atoms with Crippen LogP contribution in [0.15, 0.2) is 60.7 Å². The van der Waals surface area contributed by atoms with Crippen LogP contribution in [0.2, 0.25) is 0 Å². The molecule has 0 saturated carbocycles. The average molecular weight is 351 g/mol. The molecule has 1 atom stereocenters. The first-order valence-corrected chi connectivity index (χ1v) is 8.19. The number of nitrogens with one attached hydrogen (secondary N) is 1. The van der Waals surface area contributed by atoms with Crippen LogP contribution in [0, 0.1) is 5.82 Å². The van der Waals surface area contributed by atoms with E-state index in [1.165, 1.54) is 18.2 Å². The Labute approximate surface area is 150 Å². The van der Waals surface area contributed by atoms with Gasteiger partial charge in [0.2, 0.25) is 11.8 Å². The van der Waals surface area contributed by atoms with Gasteiger partial charge in [-0.3, -0.25) is 14.6 Å². The molecule has 26 heavy (non-hydrogen) atoms. The monoisotopic (exact) mass is 351 g/mol. The van der Waals surface area contributed by atoms with Crippen LogP contribution in [0.25, 0.3) is 10.9 Å². The Morgan fingerprint density at radius 3 is 2.65 bits per heavy atom. The van der Waals surface area contributed by atoms with Gasteiger partial charge in [0.25, 0.3) is 0 Å². The summed E-state index contributed by atoms with van der Waals surface area (Å²) in [6.07, 6.45) is 0.155. The fourth-order valence-corrected chi connectivity index (χ4v) is 2.73. The van der Waals surface area contributed by atoms with Gasteiger partial charge in [0.05, 0.1) is 11.9 Å². The number of aromatic nitrogens is 1.